The van der Waals surface area contributed by atoms with Crippen molar-refractivity contribution in [1.82, 2.24) is 0 Å². The van der Waals surface area contributed by atoms with E-state index in [2.05, 4.69) is 0 Å². The summed E-state index contributed by atoms with van der Waals surface area (Å²) in [6, 6.07) is 0. The molecule has 1 aliphatic rings. The molecule has 0 bridgehead atoms. The molecule has 0 aromatic rings. The molecular formula is C6H11O. The Bertz CT molecular complexity index is 59.1. The molecular weight excluding hydrogens is 88.1 g/mol. The Morgan fingerprint density at radius 3 is 2.14 bits per heavy atom. The van der Waals surface area contributed by atoms with Crippen LogP contribution < -0.4 is 0 Å². The second-order valence-corrected chi connectivity index (χ2v) is 2.25. The van der Waals surface area contributed by atoms with E-state index in [0.717, 1.165) is 12.8 Å². The van der Waals surface area contributed by atoms with Crippen molar-refractivity contribution in [3.05, 3.63) is 6.42 Å². The lowest BCUT2D eigenvalue weighted by molar-refractivity contribution is -0.00110. The lowest BCUT2D eigenvalue weighted by Crippen LogP contribution is -2.35. The molecule has 0 spiro atoms. The van der Waals surface area contributed by atoms with Crippen molar-refractivity contribution in [2.24, 2.45) is 0 Å². The van der Waals surface area contributed by atoms with E-state index in [0.29, 0.717) is 0 Å². The quantitative estimate of drug-likeness (QED) is 0.522. The highest BCUT2D eigenvalue weighted by Crippen LogP contribution is 2.33. The van der Waals surface area contributed by atoms with E-state index < -0.39 is 0 Å². The standard InChI is InChI=1S/C6H11O/c1-2-6(7)4-3-5-6/h2,7H,3-5H2,1H3. The zero-order chi connectivity index (χ0) is 5.33. The van der Waals surface area contributed by atoms with Gasteiger partial charge in [0.15, 0.2) is 0 Å². The van der Waals surface area contributed by atoms with Crippen molar-refractivity contribution < 1.29 is 5.11 Å². The van der Waals surface area contributed by atoms with E-state index in [-0.39, 0.29) is 5.60 Å². The van der Waals surface area contributed by atoms with Gasteiger partial charge in [-0.3, -0.25) is 0 Å². The van der Waals surface area contributed by atoms with Crippen LogP contribution in [0.5, 0.6) is 0 Å². The fourth-order valence-electron chi connectivity index (χ4n) is 0.828. The summed E-state index contributed by atoms with van der Waals surface area (Å²) in [4.78, 5) is 0. The summed E-state index contributed by atoms with van der Waals surface area (Å²) < 4.78 is 0. The fraction of sp³-hybridized carbons (Fsp3) is 0.833. The molecule has 0 heterocycles. The lowest BCUT2D eigenvalue weighted by atomic mass is 9.78. The van der Waals surface area contributed by atoms with Crippen molar-refractivity contribution >= 4 is 0 Å². The maximum absolute atomic E-state index is 9.16. The van der Waals surface area contributed by atoms with Gasteiger partial charge < -0.3 is 5.11 Å². The van der Waals surface area contributed by atoms with Gasteiger partial charge in [-0.1, -0.05) is 6.92 Å². The van der Waals surface area contributed by atoms with Gasteiger partial charge in [0.2, 0.25) is 0 Å². The van der Waals surface area contributed by atoms with E-state index >= 15 is 0 Å². The monoisotopic (exact) mass is 99.1 g/mol. The highest BCUT2D eigenvalue weighted by Gasteiger charge is 2.31. The Morgan fingerprint density at radius 2 is 2.14 bits per heavy atom. The summed E-state index contributed by atoms with van der Waals surface area (Å²) >= 11 is 0. The van der Waals surface area contributed by atoms with E-state index in [1.54, 1.807) is 0 Å². The third-order valence-electron chi connectivity index (χ3n) is 1.76. The third kappa shape index (κ3) is 0.778. The third-order valence-corrected chi connectivity index (χ3v) is 1.76. The minimum atomic E-state index is -0.361. The molecule has 1 heteroatoms. The van der Waals surface area contributed by atoms with Gasteiger partial charge in [0, 0.05) is 0 Å². The summed E-state index contributed by atoms with van der Waals surface area (Å²) in [5.41, 5.74) is -0.361. The Hall–Kier alpha value is -0.0400. The van der Waals surface area contributed by atoms with E-state index in [9.17, 15) is 0 Å². The van der Waals surface area contributed by atoms with E-state index in [1.165, 1.54) is 6.42 Å². The first kappa shape index (κ1) is 5.10. The van der Waals surface area contributed by atoms with Gasteiger partial charge >= 0.3 is 0 Å². The van der Waals surface area contributed by atoms with Gasteiger partial charge in [0.1, 0.15) is 0 Å². The van der Waals surface area contributed by atoms with Crippen LogP contribution in [0.25, 0.3) is 0 Å². The largest absolute Gasteiger partial charge is 0.390 e. The van der Waals surface area contributed by atoms with Crippen LogP contribution in [0.4, 0.5) is 0 Å². The predicted octanol–water partition coefficient (Wildman–Crippen LogP) is 1.13. The molecule has 0 unspecified atom stereocenters. The van der Waals surface area contributed by atoms with Crippen molar-refractivity contribution in [2.45, 2.75) is 31.8 Å². The minimum Gasteiger partial charge on any atom is -0.390 e. The Morgan fingerprint density at radius 1 is 1.57 bits per heavy atom. The maximum atomic E-state index is 9.16. The van der Waals surface area contributed by atoms with Crippen LogP contribution >= 0.6 is 0 Å². The van der Waals surface area contributed by atoms with Crippen molar-refractivity contribution in [3.8, 4) is 0 Å². The topological polar surface area (TPSA) is 20.2 Å². The second-order valence-electron chi connectivity index (χ2n) is 2.25. The molecule has 1 saturated carbocycles. The molecule has 0 aliphatic heterocycles. The van der Waals surface area contributed by atoms with Crippen LogP contribution in [0.2, 0.25) is 0 Å². The van der Waals surface area contributed by atoms with Gasteiger partial charge in [-0.15, -0.1) is 0 Å². The van der Waals surface area contributed by atoms with Crippen molar-refractivity contribution in [2.75, 3.05) is 0 Å². The van der Waals surface area contributed by atoms with Crippen LogP contribution in [0.1, 0.15) is 26.2 Å². The van der Waals surface area contributed by atoms with Gasteiger partial charge in [0.25, 0.3) is 0 Å². The van der Waals surface area contributed by atoms with Gasteiger partial charge in [-0.2, -0.15) is 0 Å². The van der Waals surface area contributed by atoms with E-state index in [1.807, 2.05) is 13.3 Å². The average Bonchev–Trinajstić information content (AvgIpc) is 1.61. The molecule has 1 N–H and O–H groups in total. The van der Waals surface area contributed by atoms with Gasteiger partial charge in [-0.05, 0) is 25.7 Å². The highest BCUT2D eigenvalue weighted by atomic mass is 16.3. The average molecular weight is 99.2 g/mol. The number of rotatable bonds is 1. The molecule has 41 valence electrons. The molecule has 7 heavy (non-hydrogen) atoms. The summed E-state index contributed by atoms with van der Waals surface area (Å²) in [6.07, 6.45) is 5.03. The maximum Gasteiger partial charge on any atom is 0.0676 e. The summed E-state index contributed by atoms with van der Waals surface area (Å²) in [6.45, 7) is 1.92. The molecule has 0 aromatic heterocycles. The lowest BCUT2D eigenvalue weighted by Gasteiger charge is -2.35. The first-order chi connectivity index (χ1) is 3.27. The van der Waals surface area contributed by atoms with Crippen molar-refractivity contribution in [3.63, 3.8) is 0 Å². The molecule has 0 amide bonds. The number of hydrogen-bond acceptors (Lipinski definition) is 1. The van der Waals surface area contributed by atoms with Gasteiger partial charge in [-0.25, -0.2) is 0 Å². The molecule has 1 nitrogen and oxygen atoms in total. The van der Waals surface area contributed by atoms with Crippen LogP contribution in [0.15, 0.2) is 0 Å². The SMILES string of the molecule is C[CH]C1(O)CCC1. The Kier molecular flexibility index (Phi) is 1.08. The molecule has 0 atom stereocenters. The summed E-state index contributed by atoms with van der Waals surface area (Å²) in [7, 11) is 0. The number of hydrogen-bond donors (Lipinski definition) is 1. The van der Waals surface area contributed by atoms with Crippen molar-refractivity contribution in [1.29, 1.82) is 0 Å². The second kappa shape index (κ2) is 1.48. The molecule has 1 radical (unpaired) electrons. The molecule has 1 rings (SSSR count). The van der Waals surface area contributed by atoms with Crippen LogP contribution in [0.3, 0.4) is 0 Å². The first-order valence-electron chi connectivity index (χ1n) is 2.80. The predicted molar refractivity (Wildman–Crippen MR) is 28.8 cm³/mol. The summed E-state index contributed by atoms with van der Waals surface area (Å²) in [5.74, 6) is 0. The van der Waals surface area contributed by atoms with Gasteiger partial charge in [0.05, 0.1) is 5.60 Å². The molecule has 1 aliphatic carbocycles. The highest BCUT2D eigenvalue weighted by molar-refractivity contribution is 4.96. The molecule has 1 fully saturated rings. The Balaban J connectivity index is 2.29. The van der Waals surface area contributed by atoms with E-state index in [4.69, 9.17) is 5.11 Å². The zero-order valence-corrected chi connectivity index (χ0v) is 4.65. The normalized spacial score (nSPS) is 26.6. The Labute approximate surface area is 44.4 Å². The smallest absolute Gasteiger partial charge is 0.0676 e. The van der Waals surface area contributed by atoms with Crippen LogP contribution in [-0.2, 0) is 0 Å². The summed E-state index contributed by atoms with van der Waals surface area (Å²) in [5, 5.41) is 9.16. The first-order valence-corrected chi connectivity index (χ1v) is 2.80. The number of aliphatic hydroxyl groups is 1. The fourth-order valence-corrected chi connectivity index (χ4v) is 0.828. The zero-order valence-electron chi connectivity index (χ0n) is 4.65. The molecule has 0 saturated heterocycles. The van der Waals surface area contributed by atoms with Crippen LogP contribution in [0, 0.1) is 6.42 Å². The minimum absolute atomic E-state index is 0.361. The molecule has 0 aromatic carbocycles. The van der Waals surface area contributed by atoms with Crippen LogP contribution in [-0.4, -0.2) is 10.7 Å².